The summed E-state index contributed by atoms with van der Waals surface area (Å²) >= 11 is 0. The third-order valence-corrected chi connectivity index (χ3v) is 2.47. The Balaban J connectivity index is 1.98. The van der Waals surface area contributed by atoms with Crippen molar-refractivity contribution >= 4 is 11.6 Å². The molecular formula is C10H7N5O4. The predicted molar refractivity (Wildman–Crippen MR) is 59.8 cm³/mol. The minimum atomic E-state index is -1.19. The lowest BCUT2D eigenvalue weighted by Crippen LogP contribution is -2.21. The second kappa shape index (κ2) is 4.05. The smallest absolute Gasteiger partial charge is 0.358 e. The van der Waals surface area contributed by atoms with Gasteiger partial charge in [-0.05, 0) is 0 Å². The Bertz CT molecular complexity index is 815. The first-order valence-electron chi connectivity index (χ1n) is 5.23. The van der Waals surface area contributed by atoms with Crippen molar-refractivity contribution in [2.24, 2.45) is 0 Å². The van der Waals surface area contributed by atoms with E-state index in [2.05, 4.69) is 15.2 Å². The molecule has 0 aliphatic heterocycles. The summed E-state index contributed by atoms with van der Waals surface area (Å²) in [5.74, 6) is -0.961. The van der Waals surface area contributed by atoms with Gasteiger partial charge in [-0.25, -0.2) is 18.7 Å². The first-order valence-corrected chi connectivity index (χ1v) is 5.23. The van der Waals surface area contributed by atoms with Gasteiger partial charge in [0.05, 0.1) is 6.20 Å². The zero-order valence-corrected chi connectivity index (χ0v) is 9.42. The third kappa shape index (κ3) is 1.86. The van der Waals surface area contributed by atoms with Gasteiger partial charge in [0.2, 0.25) is 0 Å². The van der Waals surface area contributed by atoms with Crippen molar-refractivity contribution in [3.63, 3.8) is 0 Å². The predicted octanol–water partition coefficient (Wildman–Crippen LogP) is -0.375. The number of carboxylic acids is 1. The molecule has 0 atom stereocenters. The maximum atomic E-state index is 11.9. The Labute approximate surface area is 104 Å². The van der Waals surface area contributed by atoms with Crippen LogP contribution in [0.2, 0.25) is 0 Å². The molecule has 0 spiro atoms. The number of hydrogen-bond acceptors (Lipinski definition) is 6. The van der Waals surface area contributed by atoms with Gasteiger partial charge < -0.3 is 9.63 Å². The molecule has 0 amide bonds. The minimum absolute atomic E-state index is 0.000787. The van der Waals surface area contributed by atoms with E-state index in [1.807, 2.05) is 0 Å². The van der Waals surface area contributed by atoms with E-state index in [0.717, 1.165) is 4.68 Å². The van der Waals surface area contributed by atoms with E-state index in [1.54, 1.807) is 0 Å². The quantitative estimate of drug-likeness (QED) is 0.683. The lowest BCUT2D eigenvalue weighted by Gasteiger charge is -1.92. The fraction of sp³-hybridized carbons (Fsp3) is 0.100. The van der Waals surface area contributed by atoms with Crippen molar-refractivity contribution in [3.8, 4) is 0 Å². The highest BCUT2D eigenvalue weighted by Crippen LogP contribution is 2.05. The molecule has 0 saturated carbocycles. The fourth-order valence-electron chi connectivity index (χ4n) is 1.62. The van der Waals surface area contributed by atoms with Crippen molar-refractivity contribution < 1.29 is 14.4 Å². The lowest BCUT2D eigenvalue weighted by atomic mass is 10.3. The number of hydrogen-bond donors (Lipinski definition) is 1. The highest BCUT2D eigenvalue weighted by atomic mass is 16.5. The summed E-state index contributed by atoms with van der Waals surface area (Å²) in [5.41, 5.74) is -0.190. The Morgan fingerprint density at radius 2 is 2.32 bits per heavy atom. The zero-order chi connectivity index (χ0) is 13.4. The minimum Gasteiger partial charge on any atom is -0.476 e. The van der Waals surface area contributed by atoms with E-state index in [9.17, 15) is 9.59 Å². The summed E-state index contributed by atoms with van der Waals surface area (Å²) in [7, 11) is 0. The van der Waals surface area contributed by atoms with Crippen molar-refractivity contribution in [1.29, 1.82) is 0 Å². The number of rotatable bonds is 3. The molecule has 0 radical (unpaired) electrons. The van der Waals surface area contributed by atoms with E-state index in [0.29, 0.717) is 5.65 Å². The van der Waals surface area contributed by atoms with Gasteiger partial charge in [-0.2, -0.15) is 0 Å². The normalized spacial score (nSPS) is 10.9. The summed E-state index contributed by atoms with van der Waals surface area (Å²) in [6.45, 7) is 0.000787. The second-order valence-electron chi connectivity index (χ2n) is 3.73. The van der Waals surface area contributed by atoms with Crippen LogP contribution in [-0.4, -0.2) is 35.4 Å². The fourth-order valence-corrected chi connectivity index (χ4v) is 1.62. The highest BCUT2D eigenvalue weighted by molar-refractivity contribution is 5.85. The number of aromatic nitrogens is 5. The van der Waals surface area contributed by atoms with Crippen molar-refractivity contribution in [3.05, 3.63) is 46.6 Å². The van der Waals surface area contributed by atoms with Crippen LogP contribution in [-0.2, 0) is 6.54 Å². The van der Waals surface area contributed by atoms with Crippen LogP contribution in [0.25, 0.3) is 5.65 Å². The van der Waals surface area contributed by atoms with Crippen LogP contribution in [0.3, 0.4) is 0 Å². The van der Waals surface area contributed by atoms with Crippen molar-refractivity contribution in [2.75, 3.05) is 0 Å². The van der Waals surface area contributed by atoms with Crippen LogP contribution in [0.1, 0.15) is 16.2 Å². The van der Waals surface area contributed by atoms with E-state index < -0.39 is 5.97 Å². The Kier molecular flexibility index (Phi) is 2.37. The largest absolute Gasteiger partial charge is 0.476 e. The van der Waals surface area contributed by atoms with Crippen LogP contribution in [0.4, 0.5) is 0 Å². The maximum absolute atomic E-state index is 11.9. The van der Waals surface area contributed by atoms with Gasteiger partial charge in [0.25, 0.3) is 0 Å². The summed E-state index contributed by atoms with van der Waals surface area (Å²) in [5, 5.41) is 16.1. The zero-order valence-electron chi connectivity index (χ0n) is 9.42. The molecular weight excluding hydrogens is 254 g/mol. The van der Waals surface area contributed by atoms with E-state index in [-0.39, 0.29) is 23.7 Å². The summed E-state index contributed by atoms with van der Waals surface area (Å²) in [4.78, 5) is 26.4. The third-order valence-electron chi connectivity index (χ3n) is 2.47. The van der Waals surface area contributed by atoms with Gasteiger partial charge in [-0.15, -0.1) is 5.10 Å². The second-order valence-corrected chi connectivity index (χ2v) is 3.73. The standard InChI is InChI=1S/C10H7N5O4/c16-9(17)7-3-6(19-13-7)5-15-10(18)14-2-1-11-4-8(14)12-15/h1-4H,5H2,(H,16,17). The van der Waals surface area contributed by atoms with E-state index in [1.165, 1.54) is 29.1 Å². The summed E-state index contributed by atoms with van der Waals surface area (Å²) < 4.78 is 7.29. The number of carbonyl (C=O) groups is 1. The van der Waals surface area contributed by atoms with Crippen LogP contribution < -0.4 is 5.69 Å². The molecule has 0 fully saturated rings. The molecule has 3 aromatic rings. The first-order chi connectivity index (χ1) is 9.15. The average molecular weight is 261 g/mol. The number of aromatic carboxylic acids is 1. The topological polar surface area (TPSA) is 116 Å². The first kappa shape index (κ1) is 11.1. The van der Waals surface area contributed by atoms with Crippen molar-refractivity contribution in [1.82, 2.24) is 24.3 Å². The molecule has 1 N–H and O–H groups in total. The van der Waals surface area contributed by atoms with E-state index in [4.69, 9.17) is 9.63 Å². The average Bonchev–Trinajstić information content (AvgIpc) is 2.97. The number of nitrogens with zero attached hydrogens (tertiary/aromatic N) is 5. The Morgan fingerprint density at radius 3 is 3.00 bits per heavy atom. The Morgan fingerprint density at radius 1 is 1.47 bits per heavy atom. The molecule has 0 aliphatic carbocycles. The van der Waals surface area contributed by atoms with Crippen LogP contribution in [0.5, 0.6) is 0 Å². The molecule has 3 aromatic heterocycles. The monoisotopic (exact) mass is 261 g/mol. The summed E-state index contributed by atoms with van der Waals surface area (Å²) in [6, 6.07) is 1.25. The van der Waals surface area contributed by atoms with Gasteiger partial charge >= 0.3 is 11.7 Å². The molecule has 0 aromatic carbocycles. The molecule has 9 nitrogen and oxygen atoms in total. The highest BCUT2D eigenvalue weighted by Gasteiger charge is 2.13. The molecule has 0 aliphatic rings. The van der Waals surface area contributed by atoms with Gasteiger partial charge in [0.1, 0.15) is 6.54 Å². The van der Waals surface area contributed by atoms with Gasteiger partial charge in [-0.3, -0.25) is 4.98 Å². The van der Waals surface area contributed by atoms with Crippen LogP contribution in [0, 0.1) is 0 Å². The van der Waals surface area contributed by atoms with E-state index >= 15 is 0 Å². The molecule has 19 heavy (non-hydrogen) atoms. The van der Waals surface area contributed by atoms with Crippen LogP contribution >= 0.6 is 0 Å². The van der Waals surface area contributed by atoms with Gasteiger partial charge in [0.15, 0.2) is 17.1 Å². The van der Waals surface area contributed by atoms with Crippen LogP contribution in [0.15, 0.2) is 34.0 Å². The Hall–Kier alpha value is -2.97. The molecule has 0 saturated heterocycles. The van der Waals surface area contributed by atoms with Gasteiger partial charge in [0, 0.05) is 18.5 Å². The van der Waals surface area contributed by atoms with Crippen molar-refractivity contribution in [2.45, 2.75) is 6.54 Å². The number of carboxylic acid groups (broad SMARTS) is 1. The molecule has 96 valence electrons. The molecule has 0 unspecified atom stereocenters. The lowest BCUT2D eigenvalue weighted by molar-refractivity contribution is 0.0685. The van der Waals surface area contributed by atoms with Gasteiger partial charge in [-0.1, -0.05) is 5.16 Å². The SMILES string of the molecule is O=C(O)c1cc(Cn2nc3cnccn3c2=O)on1. The summed E-state index contributed by atoms with van der Waals surface area (Å²) in [6.07, 6.45) is 4.41. The molecule has 3 rings (SSSR count). The molecule has 9 heteroatoms. The number of fused-ring (bicyclic) bond motifs is 1. The maximum Gasteiger partial charge on any atom is 0.358 e. The molecule has 0 bridgehead atoms. The molecule has 3 heterocycles.